The van der Waals surface area contributed by atoms with Crippen molar-refractivity contribution in [3.8, 4) is 0 Å². The van der Waals surface area contributed by atoms with E-state index in [1.165, 1.54) is 0 Å². The Balaban J connectivity index is 3.42. The molecule has 3 heteroatoms. The molecule has 1 rings (SSSR count). The van der Waals surface area contributed by atoms with Gasteiger partial charge in [0.2, 0.25) is 0 Å². The lowest BCUT2D eigenvalue weighted by molar-refractivity contribution is 0.533. The van der Waals surface area contributed by atoms with Crippen molar-refractivity contribution in [3.63, 3.8) is 0 Å². The second-order valence-electron chi connectivity index (χ2n) is 2.36. The Morgan fingerprint density at radius 3 is 2.33 bits per heavy atom. The van der Waals surface area contributed by atoms with Gasteiger partial charge in [0.15, 0.2) is 0 Å². The predicted molar refractivity (Wildman–Crippen MR) is 52.5 cm³/mol. The summed E-state index contributed by atoms with van der Waals surface area (Å²) in [5, 5.41) is 19.5. The molecule has 1 aromatic rings. The zero-order valence-electron chi connectivity index (χ0n) is 6.37. The smallest absolute Gasteiger partial charge is 0.0871 e. The number of hydrogen-bond acceptors (Lipinski definition) is 2. The number of benzene rings is 1. The van der Waals surface area contributed by atoms with Gasteiger partial charge in [-0.3, -0.25) is 0 Å². The molecule has 0 aliphatic rings. The summed E-state index contributed by atoms with van der Waals surface area (Å²) in [6, 6.07) is 5.43. The van der Waals surface area contributed by atoms with Crippen molar-refractivity contribution >= 4 is 28.5 Å². The predicted octanol–water partition coefficient (Wildman–Crippen LogP) is 1.17. The van der Waals surface area contributed by atoms with Crippen molar-refractivity contribution in [2.24, 2.45) is 0 Å². The lowest BCUT2D eigenvalue weighted by Crippen LogP contribution is -2.24. The number of hydrogen-bond donors (Lipinski definition) is 2. The van der Waals surface area contributed by atoms with E-state index in [1.54, 1.807) is 12.1 Å². The molecule has 0 amide bonds. The molecule has 0 spiro atoms. The topological polar surface area (TPSA) is 40.5 Å². The molecule has 2 nitrogen and oxygen atoms in total. The zero-order chi connectivity index (χ0) is 8.97. The fraction of sp³-hybridized carbons (Fsp3) is 0.111. The third-order valence-corrected chi connectivity index (χ3v) is 2.23. The highest BCUT2D eigenvalue weighted by Gasteiger charge is 1.90. The maximum absolute atomic E-state index is 8.80. The van der Waals surface area contributed by atoms with E-state index in [0.29, 0.717) is 10.4 Å². The Hall–Kier alpha value is -0.960. The van der Waals surface area contributed by atoms with Crippen molar-refractivity contribution < 1.29 is 10.2 Å². The van der Waals surface area contributed by atoms with Gasteiger partial charge in [0.1, 0.15) is 0 Å². The van der Waals surface area contributed by atoms with Crippen LogP contribution in [0.15, 0.2) is 18.2 Å². The van der Waals surface area contributed by atoms with Gasteiger partial charge in [-0.05, 0) is 11.6 Å². The minimum Gasteiger partial charge on any atom is -0.515 e. The Bertz CT molecular complexity index is 371. The Morgan fingerprint density at radius 1 is 1.17 bits per heavy atom. The van der Waals surface area contributed by atoms with Gasteiger partial charge >= 0.3 is 0 Å². The number of aliphatic hydroxyl groups excluding tert-OH is 2. The molecule has 0 heterocycles. The SMILES string of the molecule is OC=c1ccc(CBr)cc1=CO. The first-order valence-corrected chi connectivity index (χ1v) is 4.57. The van der Waals surface area contributed by atoms with Crippen LogP contribution >= 0.6 is 15.9 Å². The molecule has 0 aliphatic heterocycles. The van der Waals surface area contributed by atoms with E-state index in [4.69, 9.17) is 10.2 Å². The van der Waals surface area contributed by atoms with Crippen LogP contribution in [-0.2, 0) is 5.33 Å². The van der Waals surface area contributed by atoms with Gasteiger partial charge in [0.05, 0.1) is 12.5 Å². The van der Waals surface area contributed by atoms with Crippen molar-refractivity contribution in [1.29, 1.82) is 0 Å². The Kier molecular flexibility index (Phi) is 3.17. The van der Waals surface area contributed by atoms with Gasteiger partial charge < -0.3 is 10.2 Å². The monoisotopic (exact) mass is 228 g/mol. The van der Waals surface area contributed by atoms with Crippen LogP contribution in [0.1, 0.15) is 5.56 Å². The highest BCUT2D eigenvalue weighted by Crippen LogP contribution is 1.98. The molecule has 0 bridgehead atoms. The van der Waals surface area contributed by atoms with Crippen LogP contribution in [0.3, 0.4) is 0 Å². The van der Waals surface area contributed by atoms with Crippen LogP contribution in [0.2, 0.25) is 0 Å². The quantitative estimate of drug-likeness (QED) is 0.709. The molecule has 0 atom stereocenters. The van der Waals surface area contributed by atoms with Gasteiger partial charge in [-0.15, -0.1) is 0 Å². The molecule has 1 aromatic carbocycles. The normalized spacial score (nSPS) is 13.8. The summed E-state index contributed by atoms with van der Waals surface area (Å²) in [5.41, 5.74) is 1.06. The van der Waals surface area contributed by atoms with Crippen LogP contribution < -0.4 is 10.4 Å². The molecule has 0 saturated heterocycles. The van der Waals surface area contributed by atoms with Crippen molar-refractivity contribution in [2.45, 2.75) is 5.33 Å². The largest absolute Gasteiger partial charge is 0.515 e. The van der Waals surface area contributed by atoms with E-state index >= 15 is 0 Å². The van der Waals surface area contributed by atoms with Crippen LogP contribution in [0.5, 0.6) is 0 Å². The summed E-state index contributed by atoms with van der Waals surface area (Å²) < 4.78 is 0. The average molecular weight is 229 g/mol. The van der Waals surface area contributed by atoms with E-state index < -0.39 is 0 Å². The lowest BCUT2D eigenvalue weighted by atomic mass is 10.2. The molecule has 12 heavy (non-hydrogen) atoms. The molecule has 0 fully saturated rings. The molecule has 0 saturated carbocycles. The summed E-state index contributed by atoms with van der Waals surface area (Å²) in [7, 11) is 0. The third kappa shape index (κ3) is 1.80. The van der Waals surface area contributed by atoms with Crippen molar-refractivity contribution in [1.82, 2.24) is 0 Å². The van der Waals surface area contributed by atoms with Gasteiger partial charge in [0, 0.05) is 15.8 Å². The standard InChI is InChI=1S/C9H9BrO2/c10-4-7-1-2-8(5-11)9(3-7)6-12/h1-3,5-6,11-12H,4H2. The van der Waals surface area contributed by atoms with E-state index in [0.717, 1.165) is 23.4 Å². The van der Waals surface area contributed by atoms with Crippen LogP contribution in [0, 0.1) is 0 Å². The molecular formula is C9H9BrO2. The fourth-order valence-corrected chi connectivity index (χ4v) is 1.29. The summed E-state index contributed by atoms with van der Waals surface area (Å²) >= 11 is 3.30. The molecule has 0 aliphatic carbocycles. The minimum absolute atomic E-state index is 0.613. The molecule has 0 unspecified atom stereocenters. The highest BCUT2D eigenvalue weighted by atomic mass is 79.9. The van der Waals surface area contributed by atoms with Crippen LogP contribution in [0.4, 0.5) is 0 Å². The first-order valence-electron chi connectivity index (χ1n) is 3.45. The maximum atomic E-state index is 8.80. The highest BCUT2D eigenvalue weighted by molar-refractivity contribution is 9.08. The Morgan fingerprint density at radius 2 is 1.83 bits per heavy atom. The van der Waals surface area contributed by atoms with Crippen LogP contribution in [0.25, 0.3) is 12.5 Å². The second kappa shape index (κ2) is 4.16. The molecule has 0 aromatic heterocycles. The van der Waals surface area contributed by atoms with E-state index in [-0.39, 0.29) is 0 Å². The van der Waals surface area contributed by atoms with Crippen molar-refractivity contribution in [3.05, 3.63) is 34.2 Å². The maximum Gasteiger partial charge on any atom is 0.0871 e. The molecule has 2 N–H and O–H groups in total. The number of halogens is 1. The van der Waals surface area contributed by atoms with E-state index in [1.807, 2.05) is 6.07 Å². The third-order valence-electron chi connectivity index (χ3n) is 1.58. The second-order valence-corrected chi connectivity index (χ2v) is 2.92. The van der Waals surface area contributed by atoms with Gasteiger partial charge in [-0.2, -0.15) is 0 Å². The zero-order valence-corrected chi connectivity index (χ0v) is 7.95. The molecule has 0 radical (unpaired) electrons. The molecule has 64 valence electrons. The number of rotatable bonds is 1. The first kappa shape index (κ1) is 9.13. The van der Waals surface area contributed by atoms with E-state index in [2.05, 4.69) is 15.9 Å². The summed E-state index contributed by atoms with van der Waals surface area (Å²) in [6.45, 7) is 0. The summed E-state index contributed by atoms with van der Waals surface area (Å²) in [5.74, 6) is 0. The minimum atomic E-state index is 0.613. The van der Waals surface area contributed by atoms with Gasteiger partial charge in [-0.1, -0.05) is 28.1 Å². The van der Waals surface area contributed by atoms with Gasteiger partial charge in [-0.25, -0.2) is 0 Å². The summed E-state index contributed by atoms with van der Waals surface area (Å²) in [4.78, 5) is 0. The molecular weight excluding hydrogens is 220 g/mol. The fourth-order valence-electron chi connectivity index (χ4n) is 0.937. The number of aliphatic hydroxyl groups is 2. The van der Waals surface area contributed by atoms with Crippen molar-refractivity contribution in [2.75, 3.05) is 0 Å². The first-order chi connectivity index (χ1) is 5.81. The average Bonchev–Trinajstić information content (AvgIpc) is 2.16. The lowest BCUT2D eigenvalue weighted by Gasteiger charge is -1.93. The Labute approximate surface area is 78.6 Å². The number of alkyl halides is 1. The van der Waals surface area contributed by atoms with E-state index in [9.17, 15) is 0 Å². The van der Waals surface area contributed by atoms with Crippen LogP contribution in [-0.4, -0.2) is 10.2 Å². The van der Waals surface area contributed by atoms with Gasteiger partial charge in [0.25, 0.3) is 0 Å². The summed E-state index contributed by atoms with van der Waals surface area (Å²) in [6.07, 6.45) is 1.95.